The van der Waals surface area contributed by atoms with E-state index in [1.807, 2.05) is 24.3 Å². The Balaban J connectivity index is 1.59. The standard InChI is InChI=1S/C25H31FN2O2/c1-25(2,30)13-11-20-3-5-21(6-4-20)17-27-14-15-28(24(19-27)12-16-29)18-22-7-9-23(26)10-8-22/h3-10,24,29-30H,12,14-19H2,1-2H3. The molecule has 0 amide bonds. The van der Waals surface area contributed by atoms with Gasteiger partial charge in [-0.05, 0) is 55.7 Å². The maximum absolute atomic E-state index is 13.2. The second kappa shape index (κ2) is 10.2. The summed E-state index contributed by atoms with van der Waals surface area (Å²) in [6.07, 6.45) is 0.725. The van der Waals surface area contributed by atoms with Crippen LogP contribution in [0.4, 0.5) is 4.39 Å². The second-order valence-corrected chi connectivity index (χ2v) is 8.50. The van der Waals surface area contributed by atoms with Gasteiger partial charge in [-0.1, -0.05) is 36.1 Å². The molecule has 4 nitrogen and oxygen atoms in total. The number of hydrogen-bond donors (Lipinski definition) is 2. The van der Waals surface area contributed by atoms with Crippen LogP contribution in [0.5, 0.6) is 0 Å². The number of piperazine rings is 1. The molecule has 0 aromatic heterocycles. The van der Waals surface area contributed by atoms with Gasteiger partial charge in [-0.25, -0.2) is 4.39 Å². The van der Waals surface area contributed by atoms with E-state index in [-0.39, 0.29) is 18.5 Å². The summed E-state index contributed by atoms with van der Waals surface area (Å²) in [7, 11) is 0. The first-order chi connectivity index (χ1) is 14.3. The number of aliphatic hydroxyl groups excluding tert-OH is 1. The normalized spacial score (nSPS) is 18.1. The average Bonchev–Trinajstić information content (AvgIpc) is 2.71. The zero-order valence-corrected chi connectivity index (χ0v) is 17.8. The molecule has 30 heavy (non-hydrogen) atoms. The summed E-state index contributed by atoms with van der Waals surface area (Å²) in [6, 6.07) is 15.1. The van der Waals surface area contributed by atoms with Crippen LogP contribution in [0, 0.1) is 17.7 Å². The van der Waals surface area contributed by atoms with Gasteiger partial charge in [0.25, 0.3) is 0 Å². The van der Waals surface area contributed by atoms with E-state index in [4.69, 9.17) is 0 Å². The quantitative estimate of drug-likeness (QED) is 0.719. The van der Waals surface area contributed by atoms with E-state index in [2.05, 4.69) is 33.8 Å². The Labute approximate surface area is 178 Å². The highest BCUT2D eigenvalue weighted by molar-refractivity contribution is 5.37. The molecule has 1 unspecified atom stereocenters. The number of aliphatic hydroxyl groups is 2. The summed E-state index contributed by atoms with van der Waals surface area (Å²) in [6.45, 7) is 7.88. The molecule has 0 radical (unpaired) electrons. The molecule has 1 saturated heterocycles. The van der Waals surface area contributed by atoms with Crippen molar-refractivity contribution in [3.63, 3.8) is 0 Å². The minimum Gasteiger partial charge on any atom is -0.396 e. The fraction of sp³-hybridized carbons (Fsp3) is 0.440. The lowest BCUT2D eigenvalue weighted by Gasteiger charge is -2.41. The summed E-state index contributed by atoms with van der Waals surface area (Å²) < 4.78 is 13.2. The minimum absolute atomic E-state index is 0.160. The topological polar surface area (TPSA) is 46.9 Å². The highest BCUT2D eigenvalue weighted by Gasteiger charge is 2.26. The summed E-state index contributed by atoms with van der Waals surface area (Å²) in [4.78, 5) is 4.80. The molecule has 3 rings (SSSR count). The Kier molecular flexibility index (Phi) is 7.63. The number of halogens is 1. The first-order valence-corrected chi connectivity index (χ1v) is 10.5. The van der Waals surface area contributed by atoms with Crippen LogP contribution in [0.1, 0.15) is 37.0 Å². The van der Waals surface area contributed by atoms with Gasteiger partial charge in [0, 0.05) is 50.9 Å². The number of rotatable bonds is 6. The summed E-state index contributed by atoms with van der Waals surface area (Å²) in [5, 5.41) is 19.3. The van der Waals surface area contributed by atoms with Crippen molar-refractivity contribution < 1.29 is 14.6 Å². The van der Waals surface area contributed by atoms with Gasteiger partial charge in [-0.2, -0.15) is 0 Å². The van der Waals surface area contributed by atoms with Crippen LogP contribution in [0.2, 0.25) is 0 Å². The molecular weight excluding hydrogens is 379 g/mol. The van der Waals surface area contributed by atoms with E-state index < -0.39 is 5.60 Å². The SMILES string of the molecule is CC(C)(O)C#Cc1ccc(CN2CCN(Cc3ccc(F)cc3)C(CCO)C2)cc1. The molecule has 1 heterocycles. The summed E-state index contributed by atoms with van der Waals surface area (Å²) in [5.74, 6) is 5.62. The van der Waals surface area contributed by atoms with Gasteiger partial charge >= 0.3 is 0 Å². The number of benzene rings is 2. The van der Waals surface area contributed by atoms with Crippen molar-refractivity contribution in [2.75, 3.05) is 26.2 Å². The van der Waals surface area contributed by atoms with Crippen molar-refractivity contribution in [3.05, 3.63) is 71.0 Å². The van der Waals surface area contributed by atoms with E-state index in [1.165, 1.54) is 17.7 Å². The van der Waals surface area contributed by atoms with Gasteiger partial charge < -0.3 is 10.2 Å². The fourth-order valence-electron chi connectivity index (χ4n) is 3.73. The van der Waals surface area contributed by atoms with Crippen molar-refractivity contribution in [3.8, 4) is 11.8 Å². The molecule has 0 spiro atoms. The van der Waals surface area contributed by atoms with E-state index in [1.54, 1.807) is 13.8 Å². The van der Waals surface area contributed by atoms with Crippen molar-refractivity contribution in [1.82, 2.24) is 9.80 Å². The molecule has 0 bridgehead atoms. The third-order valence-corrected chi connectivity index (χ3v) is 5.32. The highest BCUT2D eigenvalue weighted by Crippen LogP contribution is 2.19. The molecule has 160 valence electrons. The molecular formula is C25H31FN2O2. The second-order valence-electron chi connectivity index (χ2n) is 8.50. The Morgan fingerprint density at radius 3 is 2.27 bits per heavy atom. The zero-order chi connectivity index (χ0) is 21.6. The molecule has 2 N–H and O–H groups in total. The lowest BCUT2D eigenvalue weighted by Crippen LogP contribution is -2.52. The maximum Gasteiger partial charge on any atom is 0.123 e. The average molecular weight is 411 g/mol. The molecule has 1 aliphatic heterocycles. The number of nitrogens with zero attached hydrogens (tertiary/aromatic N) is 2. The minimum atomic E-state index is -0.992. The predicted octanol–water partition coefficient (Wildman–Crippen LogP) is 3.02. The van der Waals surface area contributed by atoms with Gasteiger partial charge in [0.15, 0.2) is 0 Å². The smallest absolute Gasteiger partial charge is 0.123 e. The lowest BCUT2D eigenvalue weighted by atomic mass is 10.1. The van der Waals surface area contributed by atoms with Crippen LogP contribution in [0.15, 0.2) is 48.5 Å². The Morgan fingerprint density at radius 1 is 1.00 bits per heavy atom. The Hall–Kier alpha value is -2.23. The third-order valence-electron chi connectivity index (χ3n) is 5.32. The monoisotopic (exact) mass is 410 g/mol. The molecule has 0 saturated carbocycles. The fourth-order valence-corrected chi connectivity index (χ4v) is 3.73. The van der Waals surface area contributed by atoms with Crippen LogP contribution in [-0.2, 0) is 13.1 Å². The van der Waals surface area contributed by atoms with Crippen LogP contribution in [0.25, 0.3) is 0 Å². The van der Waals surface area contributed by atoms with Crippen molar-refractivity contribution >= 4 is 0 Å². The van der Waals surface area contributed by atoms with Crippen molar-refractivity contribution in [1.29, 1.82) is 0 Å². The van der Waals surface area contributed by atoms with Crippen molar-refractivity contribution in [2.24, 2.45) is 0 Å². The van der Waals surface area contributed by atoms with Gasteiger partial charge in [0.2, 0.25) is 0 Å². The van der Waals surface area contributed by atoms with E-state index in [0.29, 0.717) is 0 Å². The molecule has 2 aromatic rings. The highest BCUT2D eigenvalue weighted by atomic mass is 19.1. The van der Waals surface area contributed by atoms with Gasteiger partial charge in [-0.3, -0.25) is 9.80 Å². The van der Waals surface area contributed by atoms with Gasteiger partial charge in [0.05, 0.1) is 0 Å². The summed E-state index contributed by atoms with van der Waals surface area (Å²) >= 11 is 0. The first kappa shape index (κ1) is 22.5. The molecule has 5 heteroatoms. The lowest BCUT2D eigenvalue weighted by molar-refractivity contribution is 0.0500. The van der Waals surface area contributed by atoms with Crippen LogP contribution >= 0.6 is 0 Å². The molecule has 1 aliphatic rings. The zero-order valence-electron chi connectivity index (χ0n) is 17.8. The molecule has 1 fully saturated rings. The predicted molar refractivity (Wildman–Crippen MR) is 117 cm³/mol. The Bertz CT molecular complexity index is 863. The first-order valence-electron chi connectivity index (χ1n) is 10.5. The number of hydrogen-bond acceptors (Lipinski definition) is 4. The molecule has 1 atom stereocenters. The van der Waals surface area contributed by atoms with Gasteiger partial charge in [-0.15, -0.1) is 0 Å². The van der Waals surface area contributed by atoms with E-state index in [9.17, 15) is 14.6 Å². The maximum atomic E-state index is 13.2. The van der Waals surface area contributed by atoms with Crippen molar-refractivity contribution in [2.45, 2.75) is 45.0 Å². The molecule has 0 aliphatic carbocycles. The third kappa shape index (κ3) is 6.93. The van der Waals surface area contributed by atoms with Crippen LogP contribution in [0.3, 0.4) is 0 Å². The van der Waals surface area contributed by atoms with E-state index in [0.717, 1.165) is 50.3 Å². The van der Waals surface area contributed by atoms with E-state index >= 15 is 0 Å². The Morgan fingerprint density at radius 2 is 1.63 bits per heavy atom. The molecule has 2 aromatic carbocycles. The van der Waals surface area contributed by atoms with Gasteiger partial charge in [0.1, 0.15) is 11.4 Å². The summed E-state index contributed by atoms with van der Waals surface area (Å²) in [5.41, 5.74) is 2.21. The largest absolute Gasteiger partial charge is 0.396 e. The van der Waals surface area contributed by atoms with Crippen LogP contribution in [-0.4, -0.2) is 57.9 Å². The van der Waals surface area contributed by atoms with Crippen LogP contribution < -0.4 is 0 Å².